The second kappa shape index (κ2) is 7.50. The summed E-state index contributed by atoms with van der Waals surface area (Å²) in [5.74, 6) is -1.50. The number of carbonyl (C=O) groups is 2. The van der Waals surface area contributed by atoms with E-state index in [-0.39, 0.29) is 25.5 Å². The summed E-state index contributed by atoms with van der Waals surface area (Å²) in [4.78, 5) is 22.6. The van der Waals surface area contributed by atoms with E-state index in [0.29, 0.717) is 5.69 Å². The van der Waals surface area contributed by atoms with Crippen LogP contribution >= 0.6 is 0 Å². The van der Waals surface area contributed by atoms with E-state index in [1.807, 2.05) is 19.1 Å². The molecule has 1 aromatic rings. The van der Waals surface area contributed by atoms with Gasteiger partial charge in [-0.05, 0) is 24.6 Å². The minimum atomic E-state index is -1.12. The van der Waals surface area contributed by atoms with Crippen LogP contribution in [0, 0.1) is 6.92 Å². The first-order valence-electron chi connectivity index (χ1n) is 5.96. The fraction of sp³-hybridized carbons (Fsp3) is 0.385. The minimum Gasteiger partial charge on any atom is -0.480 e. The summed E-state index contributed by atoms with van der Waals surface area (Å²) in [5.41, 5.74) is 1.64. The third-order valence-corrected chi connectivity index (χ3v) is 2.49. The Morgan fingerprint density at radius 3 is 2.68 bits per heavy atom. The van der Waals surface area contributed by atoms with Crippen molar-refractivity contribution in [3.63, 3.8) is 0 Å². The molecular formula is C13H18N2O4. The first-order chi connectivity index (χ1) is 9.02. The van der Waals surface area contributed by atoms with Crippen LogP contribution in [0.25, 0.3) is 0 Å². The van der Waals surface area contributed by atoms with Gasteiger partial charge >= 0.3 is 5.97 Å². The van der Waals surface area contributed by atoms with E-state index in [1.54, 1.807) is 12.1 Å². The molecule has 0 saturated heterocycles. The molecule has 0 radical (unpaired) electrons. The molecule has 6 nitrogen and oxygen atoms in total. The molecule has 0 bridgehead atoms. The molecule has 1 rings (SSSR count). The monoisotopic (exact) mass is 266 g/mol. The van der Waals surface area contributed by atoms with Crippen LogP contribution in [0.2, 0.25) is 0 Å². The molecule has 0 spiro atoms. The molecule has 104 valence electrons. The highest BCUT2D eigenvalue weighted by molar-refractivity contribution is 5.94. The minimum absolute atomic E-state index is 0.134. The van der Waals surface area contributed by atoms with Gasteiger partial charge in [0.05, 0.1) is 13.0 Å². The highest BCUT2D eigenvalue weighted by Crippen LogP contribution is 2.10. The number of aliphatic hydroxyl groups is 1. The molecule has 0 saturated carbocycles. The van der Waals surface area contributed by atoms with Crippen LogP contribution in [0.4, 0.5) is 5.69 Å². The maximum Gasteiger partial charge on any atom is 0.321 e. The van der Waals surface area contributed by atoms with Gasteiger partial charge in [0, 0.05) is 12.2 Å². The Kier molecular flexibility index (Phi) is 5.98. The molecule has 0 heterocycles. The van der Waals surface area contributed by atoms with Crippen molar-refractivity contribution >= 4 is 17.6 Å². The van der Waals surface area contributed by atoms with Gasteiger partial charge in [0.1, 0.15) is 6.04 Å². The number of nitrogens with one attached hydrogen (secondary N) is 2. The molecule has 4 N–H and O–H groups in total. The Bertz CT molecular complexity index is 448. The van der Waals surface area contributed by atoms with E-state index in [0.717, 1.165) is 5.56 Å². The van der Waals surface area contributed by atoms with Crippen molar-refractivity contribution < 1.29 is 19.8 Å². The Balaban J connectivity index is 2.55. The Morgan fingerprint density at radius 1 is 1.37 bits per heavy atom. The van der Waals surface area contributed by atoms with E-state index in [4.69, 9.17) is 10.2 Å². The summed E-state index contributed by atoms with van der Waals surface area (Å²) >= 11 is 0. The zero-order chi connectivity index (χ0) is 14.3. The van der Waals surface area contributed by atoms with Gasteiger partial charge < -0.3 is 20.8 Å². The Morgan fingerprint density at radius 2 is 2.11 bits per heavy atom. The fourth-order valence-electron chi connectivity index (χ4n) is 1.61. The lowest BCUT2D eigenvalue weighted by Crippen LogP contribution is -2.41. The fourth-order valence-corrected chi connectivity index (χ4v) is 1.61. The number of benzene rings is 1. The standard InChI is InChI=1S/C13H18N2O4/c1-9-3-2-4-10(7-9)15-12(17)8-11(13(18)19)14-5-6-16/h2-4,7,11,14,16H,5-6,8H2,1H3,(H,15,17)(H,18,19)/t11-/m1/s1. The summed E-state index contributed by atoms with van der Waals surface area (Å²) in [5, 5.41) is 22.8. The van der Waals surface area contributed by atoms with Crippen LogP contribution in [-0.2, 0) is 9.59 Å². The lowest BCUT2D eigenvalue weighted by Gasteiger charge is -2.13. The summed E-state index contributed by atoms with van der Waals surface area (Å²) in [6.45, 7) is 1.86. The molecule has 1 aromatic carbocycles. The van der Waals surface area contributed by atoms with E-state index in [2.05, 4.69) is 10.6 Å². The second-order valence-electron chi connectivity index (χ2n) is 4.19. The normalized spacial score (nSPS) is 11.9. The van der Waals surface area contributed by atoms with Gasteiger partial charge in [0.2, 0.25) is 5.91 Å². The Hall–Kier alpha value is -1.92. The number of carboxylic acid groups (broad SMARTS) is 1. The number of carbonyl (C=O) groups excluding carboxylic acids is 1. The average Bonchev–Trinajstić information content (AvgIpc) is 2.34. The van der Waals surface area contributed by atoms with Gasteiger partial charge in [-0.2, -0.15) is 0 Å². The van der Waals surface area contributed by atoms with Gasteiger partial charge in [-0.3, -0.25) is 9.59 Å². The number of carboxylic acids is 1. The molecule has 0 aromatic heterocycles. The molecule has 1 amide bonds. The zero-order valence-electron chi connectivity index (χ0n) is 10.7. The third kappa shape index (κ3) is 5.50. The SMILES string of the molecule is Cc1cccc(NC(=O)C[C@@H](NCCO)C(=O)O)c1. The van der Waals surface area contributed by atoms with E-state index >= 15 is 0 Å². The summed E-state index contributed by atoms with van der Waals surface area (Å²) in [6.07, 6.45) is -0.191. The van der Waals surface area contributed by atoms with Crippen molar-refractivity contribution in [1.29, 1.82) is 0 Å². The molecular weight excluding hydrogens is 248 g/mol. The summed E-state index contributed by atoms with van der Waals surface area (Å²) in [6, 6.07) is 6.25. The van der Waals surface area contributed by atoms with Crippen LogP contribution in [-0.4, -0.2) is 41.3 Å². The van der Waals surface area contributed by atoms with Crippen LogP contribution < -0.4 is 10.6 Å². The number of aliphatic carboxylic acids is 1. The van der Waals surface area contributed by atoms with E-state index in [9.17, 15) is 9.59 Å². The lowest BCUT2D eigenvalue weighted by atomic mass is 10.2. The number of amides is 1. The van der Waals surface area contributed by atoms with Gasteiger partial charge in [0.15, 0.2) is 0 Å². The average molecular weight is 266 g/mol. The molecule has 0 fully saturated rings. The van der Waals surface area contributed by atoms with Gasteiger partial charge in [-0.1, -0.05) is 12.1 Å². The van der Waals surface area contributed by atoms with Gasteiger partial charge in [0.25, 0.3) is 0 Å². The van der Waals surface area contributed by atoms with Crippen molar-refractivity contribution in [2.45, 2.75) is 19.4 Å². The number of hydrogen-bond acceptors (Lipinski definition) is 4. The predicted molar refractivity (Wildman–Crippen MR) is 70.9 cm³/mol. The van der Waals surface area contributed by atoms with Crippen molar-refractivity contribution in [3.8, 4) is 0 Å². The highest BCUT2D eigenvalue weighted by Gasteiger charge is 2.20. The smallest absolute Gasteiger partial charge is 0.321 e. The molecule has 0 aliphatic carbocycles. The van der Waals surface area contributed by atoms with Crippen molar-refractivity contribution in [3.05, 3.63) is 29.8 Å². The van der Waals surface area contributed by atoms with Gasteiger partial charge in [-0.15, -0.1) is 0 Å². The second-order valence-corrected chi connectivity index (χ2v) is 4.19. The topological polar surface area (TPSA) is 98.7 Å². The number of anilines is 1. The molecule has 0 aliphatic rings. The largest absolute Gasteiger partial charge is 0.480 e. The van der Waals surface area contributed by atoms with Crippen molar-refractivity contribution in [1.82, 2.24) is 5.32 Å². The first kappa shape index (κ1) is 15.1. The van der Waals surface area contributed by atoms with Crippen LogP contribution in [0.1, 0.15) is 12.0 Å². The Labute approximate surface area is 111 Å². The number of aryl methyl sites for hydroxylation is 1. The van der Waals surface area contributed by atoms with Crippen LogP contribution in [0.15, 0.2) is 24.3 Å². The number of hydrogen-bond donors (Lipinski definition) is 4. The quantitative estimate of drug-likeness (QED) is 0.571. The van der Waals surface area contributed by atoms with Crippen molar-refractivity contribution in [2.75, 3.05) is 18.5 Å². The maximum atomic E-state index is 11.7. The van der Waals surface area contributed by atoms with Crippen LogP contribution in [0.3, 0.4) is 0 Å². The lowest BCUT2D eigenvalue weighted by molar-refractivity contribution is -0.141. The third-order valence-electron chi connectivity index (χ3n) is 2.49. The molecule has 19 heavy (non-hydrogen) atoms. The highest BCUT2D eigenvalue weighted by atomic mass is 16.4. The van der Waals surface area contributed by atoms with Gasteiger partial charge in [-0.25, -0.2) is 0 Å². The van der Waals surface area contributed by atoms with E-state index < -0.39 is 12.0 Å². The zero-order valence-corrected chi connectivity index (χ0v) is 10.7. The number of aliphatic hydroxyl groups excluding tert-OH is 1. The molecule has 0 unspecified atom stereocenters. The summed E-state index contributed by atoms with van der Waals surface area (Å²) in [7, 11) is 0. The predicted octanol–water partition coefficient (Wildman–Crippen LogP) is 0.359. The van der Waals surface area contributed by atoms with E-state index in [1.165, 1.54) is 0 Å². The molecule has 0 aliphatic heterocycles. The maximum absolute atomic E-state index is 11.7. The van der Waals surface area contributed by atoms with Crippen molar-refractivity contribution in [2.24, 2.45) is 0 Å². The first-order valence-corrected chi connectivity index (χ1v) is 5.96. The number of rotatable bonds is 7. The molecule has 6 heteroatoms. The molecule has 1 atom stereocenters. The summed E-state index contributed by atoms with van der Waals surface area (Å²) < 4.78 is 0. The van der Waals surface area contributed by atoms with Crippen LogP contribution in [0.5, 0.6) is 0 Å².